The van der Waals surface area contributed by atoms with E-state index in [9.17, 15) is 4.39 Å². The van der Waals surface area contributed by atoms with E-state index in [0.29, 0.717) is 12.0 Å². The Morgan fingerprint density at radius 2 is 2.11 bits per heavy atom. The van der Waals surface area contributed by atoms with Gasteiger partial charge < -0.3 is 5.73 Å². The summed E-state index contributed by atoms with van der Waals surface area (Å²) in [7, 11) is 1.89. The van der Waals surface area contributed by atoms with E-state index in [0.717, 1.165) is 21.4 Å². The molecule has 1 aromatic carbocycles. The lowest BCUT2D eigenvalue weighted by atomic mass is 9.98. The van der Waals surface area contributed by atoms with Crippen molar-refractivity contribution in [1.82, 2.24) is 9.78 Å². The molecule has 0 saturated carbocycles. The quantitative estimate of drug-likeness (QED) is 0.941. The van der Waals surface area contributed by atoms with E-state index in [2.05, 4.69) is 21.0 Å². The number of nitrogens with zero attached hydrogens (tertiary/aromatic N) is 2. The highest BCUT2D eigenvalue weighted by Crippen LogP contribution is 2.24. The van der Waals surface area contributed by atoms with E-state index in [4.69, 9.17) is 5.73 Å². The highest BCUT2D eigenvalue weighted by molar-refractivity contribution is 9.10. The third kappa shape index (κ3) is 2.87. The molecule has 1 atom stereocenters. The van der Waals surface area contributed by atoms with Gasteiger partial charge in [-0.2, -0.15) is 5.10 Å². The predicted molar refractivity (Wildman–Crippen MR) is 77.4 cm³/mol. The van der Waals surface area contributed by atoms with Gasteiger partial charge in [0, 0.05) is 28.8 Å². The maximum atomic E-state index is 13.8. The number of halogens is 2. The predicted octanol–water partition coefficient (Wildman–Crippen LogP) is 3.18. The minimum Gasteiger partial charge on any atom is -0.324 e. The first kappa shape index (κ1) is 14.2. The Labute approximate surface area is 120 Å². The van der Waals surface area contributed by atoms with Crippen LogP contribution in [0, 0.1) is 19.7 Å². The topological polar surface area (TPSA) is 43.8 Å². The van der Waals surface area contributed by atoms with E-state index >= 15 is 0 Å². The summed E-state index contributed by atoms with van der Waals surface area (Å²) in [5.41, 5.74) is 9.78. The van der Waals surface area contributed by atoms with Gasteiger partial charge in [0.05, 0.1) is 5.69 Å². The number of hydrogen-bond acceptors (Lipinski definition) is 2. The Bertz CT molecular complexity index is 607. The average Bonchev–Trinajstić information content (AvgIpc) is 2.57. The highest BCUT2D eigenvalue weighted by Gasteiger charge is 2.18. The van der Waals surface area contributed by atoms with Crippen LogP contribution in [0.1, 0.15) is 28.6 Å². The zero-order valence-electron chi connectivity index (χ0n) is 11.2. The van der Waals surface area contributed by atoms with Crippen molar-refractivity contribution in [3.63, 3.8) is 0 Å². The molecule has 2 aromatic rings. The zero-order chi connectivity index (χ0) is 14.2. The molecule has 5 heteroatoms. The van der Waals surface area contributed by atoms with Gasteiger partial charge in [-0.05, 0) is 38.0 Å². The summed E-state index contributed by atoms with van der Waals surface area (Å²) in [6, 6.07) is 4.81. The summed E-state index contributed by atoms with van der Waals surface area (Å²) in [6.45, 7) is 3.91. The van der Waals surface area contributed by atoms with Gasteiger partial charge in [0.1, 0.15) is 5.82 Å². The van der Waals surface area contributed by atoms with Crippen LogP contribution in [-0.4, -0.2) is 9.78 Å². The van der Waals surface area contributed by atoms with E-state index in [1.54, 1.807) is 6.07 Å². The minimum atomic E-state index is -0.246. The van der Waals surface area contributed by atoms with Crippen molar-refractivity contribution in [3.05, 3.63) is 51.0 Å². The third-order valence-electron chi connectivity index (χ3n) is 3.39. The van der Waals surface area contributed by atoms with Crippen LogP contribution < -0.4 is 5.73 Å². The van der Waals surface area contributed by atoms with Gasteiger partial charge in [-0.25, -0.2) is 4.39 Å². The summed E-state index contributed by atoms with van der Waals surface area (Å²) in [6.07, 6.45) is 0.465. The molecule has 1 aromatic heterocycles. The van der Waals surface area contributed by atoms with E-state index < -0.39 is 0 Å². The third-order valence-corrected chi connectivity index (χ3v) is 3.88. The second-order valence-corrected chi connectivity index (χ2v) is 5.67. The van der Waals surface area contributed by atoms with Crippen molar-refractivity contribution >= 4 is 15.9 Å². The fraction of sp³-hybridized carbons (Fsp3) is 0.357. The summed E-state index contributed by atoms with van der Waals surface area (Å²) in [5, 5.41) is 4.35. The van der Waals surface area contributed by atoms with Crippen LogP contribution in [-0.2, 0) is 13.5 Å². The number of aromatic nitrogens is 2. The number of hydrogen-bond donors (Lipinski definition) is 1. The molecular weight excluding hydrogens is 309 g/mol. The van der Waals surface area contributed by atoms with Crippen LogP contribution >= 0.6 is 15.9 Å². The first-order valence-corrected chi connectivity index (χ1v) is 6.89. The largest absolute Gasteiger partial charge is 0.324 e. The standard InChI is InChI=1S/C14H17BrFN3/c1-8-14(9(2)19(3)18-8)13(17)6-10-4-5-11(15)7-12(10)16/h4-5,7,13H,6,17H2,1-3H3. The van der Waals surface area contributed by atoms with Gasteiger partial charge in [-0.3, -0.25) is 4.68 Å². The molecule has 1 unspecified atom stereocenters. The zero-order valence-corrected chi connectivity index (χ0v) is 12.8. The molecule has 0 amide bonds. The van der Waals surface area contributed by atoms with E-state index in [1.165, 1.54) is 6.07 Å². The number of aryl methyl sites for hydroxylation is 2. The van der Waals surface area contributed by atoms with Crippen LogP contribution in [0.5, 0.6) is 0 Å². The molecule has 0 radical (unpaired) electrons. The van der Waals surface area contributed by atoms with Gasteiger partial charge in [-0.1, -0.05) is 22.0 Å². The Hall–Kier alpha value is -1.20. The van der Waals surface area contributed by atoms with Crippen LogP contribution in [0.2, 0.25) is 0 Å². The lowest BCUT2D eigenvalue weighted by molar-refractivity contribution is 0.591. The maximum Gasteiger partial charge on any atom is 0.127 e. The molecule has 1 heterocycles. The van der Waals surface area contributed by atoms with Crippen molar-refractivity contribution in [2.24, 2.45) is 12.8 Å². The summed E-state index contributed by atoms with van der Waals surface area (Å²) >= 11 is 3.25. The normalized spacial score (nSPS) is 12.7. The van der Waals surface area contributed by atoms with Gasteiger partial charge in [-0.15, -0.1) is 0 Å². The molecule has 0 bridgehead atoms. The fourth-order valence-electron chi connectivity index (χ4n) is 2.35. The Morgan fingerprint density at radius 1 is 1.42 bits per heavy atom. The van der Waals surface area contributed by atoms with Crippen LogP contribution in [0.25, 0.3) is 0 Å². The number of nitrogens with two attached hydrogens (primary N) is 1. The second kappa shape index (κ2) is 5.43. The Balaban J connectivity index is 2.28. The van der Waals surface area contributed by atoms with Gasteiger partial charge in [0.25, 0.3) is 0 Å². The minimum absolute atomic E-state index is 0.232. The molecule has 3 nitrogen and oxygen atoms in total. The second-order valence-electron chi connectivity index (χ2n) is 4.75. The molecule has 102 valence electrons. The molecule has 0 aliphatic heterocycles. The van der Waals surface area contributed by atoms with Gasteiger partial charge >= 0.3 is 0 Å². The van der Waals surface area contributed by atoms with Crippen molar-refractivity contribution < 1.29 is 4.39 Å². The molecule has 0 aliphatic rings. The fourth-order valence-corrected chi connectivity index (χ4v) is 2.69. The van der Waals surface area contributed by atoms with Crippen molar-refractivity contribution in [2.75, 3.05) is 0 Å². The molecule has 0 fully saturated rings. The van der Waals surface area contributed by atoms with Gasteiger partial charge in [0.2, 0.25) is 0 Å². The Morgan fingerprint density at radius 3 is 2.63 bits per heavy atom. The van der Waals surface area contributed by atoms with Crippen molar-refractivity contribution in [2.45, 2.75) is 26.3 Å². The molecule has 2 rings (SSSR count). The monoisotopic (exact) mass is 325 g/mol. The average molecular weight is 326 g/mol. The number of rotatable bonds is 3. The molecule has 0 aliphatic carbocycles. The molecule has 0 spiro atoms. The SMILES string of the molecule is Cc1nn(C)c(C)c1C(N)Cc1ccc(Br)cc1F. The van der Waals surface area contributed by atoms with Crippen LogP contribution in [0.15, 0.2) is 22.7 Å². The lowest BCUT2D eigenvalue weighted by Gasteiger charge is -2.13. The molecule has 0 saturated heterocycles. The van der Waals surface area contributed by atoms with Crippen LogP contribution in [0.3, 0.4) is 0 Å². The summed E-state index contributed by atoms with van der Waals surface area (Å²) < 4.78 is 16.4. The highest BCUT2D eigenvalue weighted by atomic mass is 79.9. The van der Waals surface area contributed by atoms with E-state index in [-0.39, 0.29) is 11.9 Å². The molecular formula is C14H17BrFN3. The first-order chi connectivity index (χ1) is 8.90. The summed E-state index contributed by atoms with van der Waals surface area (Å²) in [5.74, 6) is -0.232. The smallest absolute Gasteiger partial charge is 0.127 e. The maximum absolute atomic E-state index is 13.8. The lowest BCUT2D eigenvalue weighted by Crippen LogP contribution is -2.16. The molecule has 2 N–H and O–H groups in total. The molecule has 19 heavy (non-hydrogen) atoms. The Kier molecular flexibility index (Phi) is 4.06. The van der Waals surface area contributed by atoms with Crippen LogP contribution in [0.4, 0.5) is 4.39 Å². The first-order valence-electron chi connectivity index (χ1n) is 6.09. The van der Waals surface area contributed by atoms with E-state index in [1.807, 2.05) is 31.6 Å². The number of benzene rings is 1. The van der Waals surface area contributed by atoms with Crippen molar-refractivity contribution in [3.8, 4) is 0 Å². The van der Waals surface area contributed by atoms with Gasteiger partial charge in [0.15, 0.2) is 0 Å². The van der Waals surface area contributed by atoms with Crippen molar-refractivity contribution in [1.29, 1.82) is 0 Å². The summed E-state index contributed by atoms with van der Waals surface area (Å²) in [4.78, 5) is 0.